The summed E-state index contributed by atoms with van der Waals surface area (Å²) in [7, 11) is 0. The van der Waals surface area contributed by atoms with Crippen molar-refractivity contribution in [1.29, 1.82) is 0 Å². The summed E-state index contributed by atoms with van der Waals surface area (Å²) in [6.45, 7) is 2.03. The monoisotopic (exact) mass is 316 g/mol. The lowest BCUT2D eigenvalue weighted by molar-refractivity contribution is 0.102. The van der Waals surface area contributed by atoms with Gasteiger partial charge in [0, 0.05) is 28.4 Å². The summed E-state index contributed by atoms with van der Waals surface area (Å²) >= 11 is 0. The van der Waals surface area contributed by atoms with E-state index in [2.05, 4.69) is 26.6 Å². The molecular formula is C19H16N4O. The fourth-order valence-electron chi connectivity index (χ4n) is 2.75. The van der Waals surface area contributed by atoms with Crippen LogP contribution in [0.2, 0.25) is 0 Å². The van der Waals surface area contributed by atoms with E-state index < -0.39 is 0 Å². The summed E-state index contributed by atoms with van der Waals surface area (Å²) in [5, 5.41) is 10.8. The Bertz CT molecular complexity index is 1010. The summed E-state index contributed by atoms with van der Waals surface area (Å²) < 4.78 is 0. The maximum Gasteiger partial charge on any atom is 0.272 e. The van der Waals surface area contributed by atoms with E-state index in [0.717, 1.165) is 27.8 Å². The number of carbonyl (C=O) groups excluding carboxylic acids is 1. The number of anilines is 1. The minimum Gasteiger partial charge on any atom is -0.351 e. The van der Waals surface area contributed by atoms with Gasteiger partial charge in [0.1, 0.15) is 5.69 Å². The Balaban J connectivity index is 1.60. The average Bonchev–Trinajstić information content (AvgIpc) is 3.24. The summed E-state index contributed by atoms with van der Waals surface area (Å²) in [6.07, 6.45) is 1.70. The maximum atomic E-state index is 12.5. The number of aryl methyl sites for hydroxylation is 1. The minimum atomic E-state index is -0.161. The quantitative estimate of drug-likeness (QED) is 0.532. The standard InChI is InChI=1S/C19H16N4O/c1-12-5-6-16-14(9-12)11-18(22-16)19(24)21-15-4-2-3-13(10-15)17-7-8-20-23-17/h2-11,22H,1H3,(H,20,23)(H,21,24). The highest BCUT2D eigenvalue weighted by Gasteiger charge is 2.10. The number of aromatic amines is 2. The molecule has 0 unspecified atom stereocenters. The van der Waals surface area contributed by atoms with Gasteiger partial charge < -0.3 is 10.3 Å². The molecule has 2 aromatic carbocycles. The Labute approximate surface area is 138 Å². The first-order valence-corrected chi connectivity index (χ1v) is 7.69. The number of carbonyl (C=O) groups is 1. The number of hydrogen-bond donors (Lipinski definition) is 3. The minimum absolute atomic E-state index is 0.161. The molecular weight excluding hydrogens is 300 g/mol. The van der Waals surface area contributed by atoms with Crippen molar-refractivity contribution >= 4 is 22.5 Å². The van der Waals surface area contributed by atoms with Crippen molar-refractivity contribution in [2.75, 3.05) is 5.32 Å². The zero-order valence-electron chi connectivity index (χ0n) is 13.1. The van der Waals surface area contributed by atoms with Crippen LogP contribution in [0.25, 0.3) is 22.2 Å². The number of nitrogens with one attached hydrogen (secondary N) is 3. The number of amides is 1. The van der Waals surface area contributed by atoms with Gasteiger partial charge in [-0.25, -0.2) is 0 Å². The van der Waals surface area contributed by atoms with Gasteiger partial charge in [-0.15, -0.1) is 0 Å². The van der Waals surface area contributed by atoms with E-state index >= 15 is 0 Å². The van der Waals surface area contributed by atoms with Gasteiger partial charge in [0.25, 0.3) is 5.91 Å². The molecule has 4 rings (SSSR count). The molecule has 0 saturated carbocycles. The molecule has 5 heteroatoms. The second-order valence-corrected chi connectivity index (χ2v) is 5.78. The zero-order chi connectivity index (χ0) is 16.5. The largest absolute Gasteiger partial charge is 0.351 e. The van der Waals surface area contributed by atoms with Gasteiger partial charge in [-0.3, -0.25) is 9.89 Å². The Morgan fingerprint density at radius 3 is 2.83 bits per heavy atom. The molecule has 0 fully saturated rings. The van der Waals surface area contributed by atoms with Crippen LogP contribution in [0.15, 0.2) is 60.8 Å². The van der Waals surface area contributed by atoms with Crippen LogP contribution in [0, 0.1) is 6.92 Å². The summed E-state index contributed by atoms with van der Waals surface area (Å²) in [6, 6.07) is 17.5. The molecule has 0 saturated heterocycles. The van der Waals surface area contributed by atoms with E-state index in [1.807, 2.05) is 55.5 Å². The third-order valence-corrected chi connectivity index (χ3v) is 3.95. The van der Waals surface area contributed by atoms with E-state index in [-0.39, 0.29) is 5.91 Å². The van der Waals surface area contributed by atoms with Crippen LogP contribution in [0.4, 0.5) is 5.69 Å². The van der Waals surface area contributed by atoms with Crippen molar-refractivity contribution in [3.8, 4) is 11.3 Å². The molecule has 4 aromatic rings. The highest BCUT2D eigenvalue weighted by Crippen LogP contribution is 2.22. The smallest absolute Gasteiger partial charge is 0.272 e. The maximum absolute atomic E-state index is 12.5. The van der Waals surface area contributed by atoms with Crippen molar-refractivity contribution in [3.63, 3.8) is 0 Å². The number of nitrogens with zero attached hydrogens (tertiary/aromatic N) is 1. The van der Waals surface area contributed by atoms with Gasteiger partial charge in [-0.2, -0.15) is 5.10 Å². The fraction of sp³-hybridized carbons (Fsp3) is 0.0526. The first-order valence-electron chi connectivity index (χ1n) is 7.69. The van der Waals surface area contributed by atoms with Crippen molar-refractivity contribution in [1.82, 2.24) is 15.2 Å². The molecule has 24 heavy (non-hydrogen) atoms. The Kier molecular flexibility index (Phi) is 3.39. The van der Waals surface area contributed by atoms with Gasteiger partial charge in [0.15, 0.2) is 0 Å². The molecule has 0 bridgehead atoms. The van der Waals surface area contributed by atoms with Gasteiger partial charge >= 0.3 is 0 Å². The first kappa shape index (κ1) is 14.3. The van der Waals surface area contributed by atoms with E-state index in [1.54, 1.807) is 6.20 Å². The van der Waals surface area contributed by atoms with Crippen molar-refractivity contribution in [2.24, 2.45) is 0 Å². The molecule has 118 valence electrons. The molecule has 3 N–H and O–H groups in total. The molecule has 0 aliphatic heterocycles. The molecule has 0 aliphatic rings. The molecule has 2 heterocycles. The predicted octanol–water partition coefficient (Wildman–Crippen LogP) is 4.12. The fourth-order valence-corrected chi connectivity index (χ4v) is 2.75. The van der Waals surface area contributed by atoms with E-state index in [9.17, 15) is 4.79 Å². The van der Waals surface area contributed by atoms with Crippen molar-refractivity contribution in [2.45, 2.75) is 6.92 Å². The van der Waals surface area contributed by atoms with Crippen LogP contribution in [0.3, 0.4) is 0 Å². The molecule has 0 radical (unpaired) electrons. The topological polar surface area (TPSA) is 73.6 Å². The Morgan fingerprint density at radius 1 is 1.08 bits per heavy atom. The second-order valence-electron chi connectivity index (χ2n) is 5.78. The van der Waals surface area contributed by atoms with Gasteiger partial charge in [-0.1, -0.05) is 23.8 Å². The lowest BCUT2D eigenvalue weighted by Gasteiger charge is -2.05. The van der Waals surface area contributed by atoms with Crippen LogP contribution < -0.4 is 5.32 Å². The SMILES string of the molecule is Cc1ccc2[nH]c(C(=O)Nc3cccc(-c4ccn[nH]4)c3)cc2c1. The van der Waals surface area contributed by atoms with Crippen LogP contribution in [-0.4, -0.2) is 21.1 Å². The predicted molar refractivity (Wildman–Crippen MR) is 95.0 cm³/mol. The molecule has 0 aliphatic carbocycles. The Hall–Kier alpha value is -3.34. The normalized spacial score (nSPS) is 10.9. The second kappa shape index (κ2) is 5.70. The van der Waals surface area contributed by atoms with Crippen molar-refractivity contribution < 1.29 is 4.79 Å². The van der Waals surface area contributed by atoms with E-state index in [1.165, 1.54) is 5.56 Å². The molecule has 2 aromatic heterocycles. The number of fused-ring (bicyclic) bond motifs is 1. The van der Waals surface area contributed by atoms with Gasteiger partial charge in [0.05, 0.1) is 5.69 Å². The van der Waals surface area contributed by atoms with Crippen molar-refractivity contribution in [3.05, 3.63) is 72.1 Å². The number of rotatable bonds is 3. The third kappa shape index (κ3) is 2.67. The molecule has 5 nitrogen and oxygen atoms in total. The van der Waals surface area contributed by atoms with E-state index in [0.29, 0.717) is 5.69 Å². The summed E-state index contributed by atoms with van der Waals surface area (Å²) in [5.41, 5.74) is 5.28. The third-order valence-electron chi connectivity index (χ3n) is 3.95. The van der Waals surface area contributed by atoms with E-state index in [4.69, 9.17) is 0 Å². The number of hydrogen-bond acceptors (Lipinski definition) is 2. The number of H-pyrrole nitrogens is 2. The molecule has 1 amide bonds. The van der Waals surface area contributed by atoms with Gasteiger partial charge in [-0.05, 0) is 43.3 Å². The van der Waals surface area contributed by atoms with Crippen LogP contribution >= 0.6 is 0 Å². The summed E-state index contributed by atoms with van der Waals surface area (Å²) in [4.78, 5) is 15.7. The zero-order valence-corrected chi connectivity index (χ0v) is 13.1. The lowest BCUT2D eigenvalue weighted by Crippen LogP contribution is -2.12. The molecule has 0 atom stereocenters. The number of benzene rings is 2. The van der Waals surface area contributed by atoms with Crippen LogP contribution in [0.5, 0.6) is 0 Å². The summed E-state index contributed by atoms with van der Waals surface area (Å²) in [5.74, 6) is -0.161. The Morgan fingerprint density at radius 2 is 2.00 bits per heavy atom. The average molecular weight is 316 g/mol. The van der Waals surface area contributed by atoms with Crippen LogP contribution in [0.1, 0.15) is 16.1 Å². The molecule has 0 spiro atoms. The first-order chi connectivity index (χ1) is 11.7. The highest BCUT2D eigenvalue weighted by molar-refractivity contribution is 6.06. The highest BCUT2D eigenvalue weighted by atomic mass is 16.1. The lowest BCUT2D eigenvalue weighted by atomic mass is 10.1. The van der Waals surface area contributed by atoms with Crippen LogP contribution in [-0.2, 0) is 0 Å². The number of aromatic nitrogens is 3. The van der Waals surface area contributed by atoms with Gasteiger partial charge in [0.2, 0.25) is 0 Å².